The number of benzene rings is 1. The molecular formula is C19H16ClNO3. The minimum Gasteiger partial charge on any atom is -0.313 e. The molecule has 0 aliphatic heterocycles. The average molecular weight is 342 g/mol. The molecule has 0 aromatic heterocycles. The maximum atomic E-state index is 12.3. The highest BCUT2D eigenvalue weighted by atomic mass is 35.5. The van der Waals surface area contributed by atoms with Gasteiger partial charge in [0.1, 0.15) is 0 Å². The molecule has 0 N–H and O–H groups in total. The van der Waals surface area contributed by atoms with Crippen molar-refractivity contribution in [1.29, 1.82) is 0 Å². The van der Waals surface area contributed by atoms with E-state index in [0.717, 1.165) is 12.8 Å². The molecule has 0 unspecified atom stereocenters. The molecule has 2 bridgehead atoms. The molecule has 4 nitrogen and oxygen atoms in total. The lowest BCUT2D eigenvalue weighted by atomic mass is 9.58. The van der Waals surface area contributed by atoms with Crippen molar-refractivity contribution < 1.29 is 14.4 Å². The number of allylic oxidation sites excluding steroid dienone is 4. The van der Waals surface area contributed by atoms with Crippen LogP contribution in [-0.2, 0) is 9.63 Å². The Morgan fingerprint density at radius 3 is 2.38 bits per heavy atom. The first kappa shape index (κ1) is 15.3. The molecule has 24 heavy (non-hydrogen) atoms. The number of ketones is 1. The fourth-order valence-electron chi connectivity index (χ4n) is 4.00. The molecule has 1 aromatic rings. The molecule has 1 saturated carbocycles. The first-order valence-electron chi connectivity index (χ1n) is 8.08. The molecule has 0 heterocycles. The van der Waals surface area contributed by atoms with Crippen molar-refractivity contribution in [3.63, 3.8) is 0 Å². The van der Waals surface area contributed by atoms with Gasteiger partial charge in [-0.05, 0) is 61.1 Å². The predicted octanol–water partition coefficient (Wildman–Crippen LogP) is 3.82. The number of carbonyl (C=O) groups excluding carboxylic acids is 2. The number of halogens is 1. The number of rotatable bonds is 2. The molecule has 4 aliphatic rings. The minimum atomic E-state index is -0.530. The van der Waals surface area contributed by atoms with E-state index in [0.29, 0.717) is 22.2 Å². The summed E-state index contributed by atoms with van der Waals surface area (Å²) >= 11 is 5.81. The lowest BCUT2D eigenvalue weighted by molar-refractivity contribution is -0.122. The monoisotopic (exact) mass is 341 g/mol. The molecule has 4 aliphatic carbocycles. The Morgan fingerprint density at radius 1 is 1.04 bits per heavy atom. The fourth-order valence-corrected chi connectivity index (χ4v) is 4.13. The van der Waals surface area contributed by atoms with Crippen molar-refractivity contribution in [1.82, 2.24) is 0 Å². The third-order valence-corrected chi connectivity index (χ3v) is 5.40. The Kier molecular flexibility index (Phi) is 3.85. The normalized spacial score (nSPS) is 32.0. The Balaban J connectivity index is 1.57. The highest BCUT2D eigenvalue weighted by molar-refractivity contribution is 6.30. The smallest absolute Gasteiger partial charge is 0.313 e. The molecule has 0 amide bonds. The second kappa shape index (κ2) is 6.02. The van der Waals surface area contributed by atoms with Gasteiger partial charge in [-0.2, -0.15) is 0 Å². The van der Waals surface area contributed by atoms with E-state index in [1.807, 2.05) is 0 Å². The molecule has 5 rings (SSSR count). The van der Waals surface area contributed by atoms with Crippen LogP contribution in [0.25, 0.3) is 0 Å². The highest BCUT2D eigenvalue weighted by Crippen LogP contribution is 2.47. The zero-order valence-corrected chi connectivity index (χ0v) is 13.6. The molecule has 0 radical (unpaired) electrons. The summed E-state index contributed by atoms with van der Waals surface area (Å²) in [5.41, 5.74) is 1.07. The van der Waals surface area contributed by atoms with Crippen molar-refractivity contribution in [3.8, 4) is 0 Å². The van der Waals surface area contributed by atoms with Crippen LogP contribution in [0.4, 0.5) is 0 Å². The average Bonchev–Trinajstić information content (AvgIpc) is 2.62. The van der Waals surface area contributed by atoms with E-state index >= 15 is 0 Å². The predicted molar refractivity (Wildman–Crippen MR) is 90.8 cm³/mol. The van der Waals surface area contributed by atoms with Crippen LogP contribution in [0.1, 0.15) is 23.2 Å². The number of oxime groups is 1. The van der Waals surface area contributed by atoms with Crippen molar-refractivity contribution >= 4 is 29.1 Å². The van der Waals surface area contributed by atoms with E-state index in [-0.39, 0.29) is 23.5 Å². The van der Waals surface area contributed by atoms with Gasteiger partial charge in [0.15, 0.2) is 5.78 Å². The molecule has 1 fully saturated rings. The summed E-state index contributed by atoms with van der Waals surface area (Å²) in [5.74, 6) is 0.145. The van der Waals surface area contributed by atoms with Gasteiger partial charge >= 0.3 is 5.97 Å². The van der Waals surface area contributed by atoms with E-state index in [1.54, 1.807) is 36.4 Å². The van der Waals surface area contributed by atoms with Gasteiger partial charge in [-0.15, -0.1) is 0 Å². The van der Waals surface area contributed by atoms with Crippen LogP contribution in [-0.4, -0.2) is 17.5 Å². The zero-order valence-electron chi connectivity index (χ0n) is 12.9. The summed E-state index contributed by atoms with van der Waals surface area (Å²) < 4.78 is 0. The second-order valence-corrected chi connectivity index (χ2v) is 6.92. The van der Waals surface area contributed by atoms with E-state index in [9.17, 15) is 9.59 Å². The highest BCUT2D eigenvalue weighted by Gasteiger charge is 2.47. The summed E-state index contributed by atoms with van der Waals surface area (Å²) in [7, 11) is 0. The van der Waals surface area contributed by atoms with Gasteiger partial charge in [-0.1, -0.05) is 28.9 Å². The second-order valence-electron chi connectivity index (χ2n) is 6.48. The first-order chi connectivity index (χ1) is 11.6. The molecule has 4 atom stereocenters. The van der Waals surface area contributed by atoms with Crippen molar-refractivity contribution in [3.05, 3.63) is 59.2 Å². The van der Waals surface area contributed by atoms with Crippen LogP contribution in [0.2, 0.25) is 5.02 Å². The standard InChI is InChI=1S/C19H16ClNO3/c20-14-7-5-13(6-8-14)19(23)24-21-15-9-10-16(22)18-12-3-1-11(2-4-12)17(15)18/h1,3,5-12,17-18H,2,4H2/b21-15+/t11-,12-,17+,18-/m0/s1. The Morgan fingerprint density at radius 2 is 1.71 bits per heavy atom. The summed E-state index contributed by atoms with van der Waals surface area (Å²) in [6.07, 6.45) is 9.67. The van der Waals surface area contributed by atoms with Crippen molar-refractivity contribution in [2.24, 2.45) is 28.8 Å². The van der Waals surface area contributed by atoms with Crippen LogP contribution in [0.15, 0.2) is 53.7 Å². The lowest BCUT2D eigenvalue weighted by Gasteiger charge is -2.45. The van der Waals surface area contributed by atoms with Crippen molar-refractivity contribution in [2.45, 2.75) is 12.8 Å². The molecule has 1 aromatic carbocycles. The van der Waals surface area contributed by atoms with E-state index in [4.69, 9.17) is 16.4 Å². The molecule has 122 valence electrons. The third kappa shape index (κ3) is 2.61. The quantitative estimate of drug-likeness (QED) is 0.467. The lowest BCUT2D eigenvalue weighted by Crippen LogP contribution is -2.46. The molecular weight excluding hydrogens is 326 g/mol. The molecule has 0 saturated heterocycles. The minimum absolute atomic E-state index is 0.0178. The van der Waals surface area contributed by atoms with Gasteiger partial charge in [0.25, 0.3) is 0 Å². The van der Waals surface area contributed by atoms with E-state index in [2.05, 4.69) is 17.3 Å². The molecule has 5 heteroatoms. The van der Waals surface area contributed by atoms with Gasteiger partial charge in [0.2, 0.25) is 0 Å². The summed E-state index contributed by atoms with van der Waals surface area (Å²) in [6, 6.07) is 6.45. The summed E-state index contributed by atoms with van der Waals surface area (Å²) in [5, 5.41) is 4.64. The third-order valence-electron chi connectivity index (χ3n) is 5.15. The van der Waals surface area contributed by atoms with Gasteiger partial charge in [0.05, 0.1) is 11.3 Å². The van der Waals surface area contributed by atoms with Crippen LogP contribution in [0.3, 0.4) is 0 Å². The topological polar surface area (TPSA) is 55.7 Å². The SMILES string of the molecule is O=C(O/N=C1\C=CC(=O)[C@H]2[C@@H]1[C@H]1C=C[C@H]2CC1)c1ccc(Cl)cc1. The largest absolute Gasteiger partial charge is 0.365 e. The first-order valence-corrected chi connectivity index (χ1v) is 8.46. The van der Waals surface area contributed by atoms with E-state index in [1.165, 1.54) is 0 Å². The fraction of sp³-hybridized carbons (Fsp3) is 0.316. The number of hydrogen-bond acceptors (Lipinski definition) is 4. The number of carbonyl (C=O) groups is 2. The number of fused-ring (bicyclic) bond motifs is 1. The van der Waals surface area contributed by atoms with Crippen molar-refractivity contribution in [2.75, 3.05) is 0 Å². The number of nitrogens with zero attached hydrogens (tertiary/aromatic N) is 1. The van der Waals surface area contributed by atoms with E-state index < -0.39 is 5.97 Å². The van der Waals surface area contributed by atoms with Crippen LogP contribution >= 0.6 is 11.6 Å². The summed E-state index contributed by atoms with van der Waals surface area (Å²) in [4.78, 5) is 29.5. The van der Waals surface area contributed by atoms with Crippen LogP contribution < -0.4 is 0 Å². The molecule has 0 spiro atoms. The van der Waals surface area contributed by atoms with Gasteiger partial charge in [-0.25, -0.2) is 4.79 Å². The Labute approximate surface area is 144 Å². The van der Waals surface area contributed by atoms with Gasteiger partial charge in [-0.3, -0.25) is 4.79 Å². The maximum Gasteiger partial charge on any atom is 0.365 e. The number of hydrogen-bond donors (Lipinski definition) is 0. The summed E-state index contributed by atoms with van der Waals surface area (Å²) in [6.45, 7) is 0. The maximum absolute atomic E-state index is 12.3. The Hall–Kier alpha value is -2.20. The van der Waals surface area contributed by atoms with Gasteiger partial charge in [0, 0.05) is 16.9 Å². The van der Waals surface area contributed by atoms with Crippen LogP contribution in [0.5, 0.6) is 0 Å². The zero-order chi connectivity index (χ0) is 16.7. The van der Waals surface area contributed by atoms with Gasteiger partial charge < -0.3 is 4.84 Å². The Bertz CT molecular complexity index is 778. The van der Waals surface area contributed by atoms with Crippen LogP contribution in [0, 0.1) is 23.7 Å².